The van der Waals surface area contributed by atoms with Crippen molar-refractivity contribution in [2.45, 2.75) is 6.92 Å². The quantitative estimate of drug-likeness (QED) is 0.641. The van der Waals surface area contributed by atoms with Crippen molar-refractivity contribution < 1.29 is 0 Å². The van der Waals surface area contributed by atoms with Gasteiger partial charge in [-0.1, -0.05) is 30.3 Å². The van der Waals surface area contributed by atoms with Gasteiger partial charge in [-0.25, -0.2) is 0 Å². The summed E-state index contributed by atoms with van der Waals surface area (Å²) in [6.45, 7) is 6.40. The molecule has 0 atom stereocenters. The molecule has 0 aliphatic rings. The van der Waals surface area contributed by atoms with Gasteiger partial charge in [-0.05, 0) is 25.6 Å². The van der Waals surface area contributed by atoms with Gasteiger partial charge in [0.2, 0.25) is 0 Å². The van der Waals surface area contributed by atoms with Crippen molar-refractivity contribution in [3.05, 3.63) is 35.4 Å². The first-order chi connectivity index (χ1) is 5.20. The number of hydrogen-bond acceptors (Lipinski definition) is 1. The maximum Gasteiger partial charge on any atom is 0.0334 e. The van der Waals surface area contributed by atoms with Crippen LogP contribution in [0.15, 0.2) is 35.4 Å². The fourth-order valence-electron chi connectivity index (χ4n) is 0.659. The molecule has 62 valence electrons. The lowest BCUT2D eigenvalue weighted by Gasteiger charge is -1.97. The molecule has 0 fully saturated rings. The molecule has 0 aliphatic carbocycles. The molecule has 0 aromatic heterocycles. The Morgan fingerprint density at radius 3 is 2.55 bits per heavy atom. The molecule has 0 aliphatic heterocycles. The van der Waals surface area contributed by atoms with Crippen LogP contribution in [-0.4, -0.2) is 13.6 Å². The topological polar surface area (TPSA) is 12.0 Å². The second-order valence-corrected chi connectivity index (χ2v) is 2.66. The van der Waals surface area contributed by atoms with E-state index in [1.165, 1.54) is 5.57 Å². The van der Waals surface area contributed by atoms with E-state index in [1.807, 2.05) is 26.1 Å². The molecule has 0 bridgehead atoms. The van der Waals surface area contributed by atoms with Crippen LogP contribution in [0.25, 0.3) is 0 Å². The van der Waals surface area contributed by atoms with Crippen LogP contribution in [0.2, 0.25) is 0 Å². The Bertz CT molecular complexity index is 180. The molecule has 1 N–H and O–H groups in total. The molecule has 0 saturated carbocycles. The second kappa shape index (κ2) is 6.20. The van der Waals surface area contributed by atoms with Crippen molar-refractivity contribution in [2.75, 3.05) is 13.6 Å². The SMILES string of the molecule is C=C(Cl)/C=C\C(=C/C)CNC. The fraction of sp³-hybridized carbons (Fsp3) is 0.333. The molecule has 0 aromatic rings. The van der Waals surface area contributed by atoms with Gasteiger partial charge in [-0.2, -0.15) is 0 Å². The molecule has 0 unspecified atom stereocenters. The third-order valence-corrected chi connectivity index (χ3v) is 1.36. The maximum absolute atomic E-state index is 5.55. The highest BCUT2D eigenvalue weighted by Gasteiger charge is 1.86. The lowest BCUT2D eigenvalue weighted by atomic mass is 10.2. The smallest absolute Gasteiger partial charge is 0.0334 e. The zero-order valence-electron chi connectivity index (χ0n) is 7.02. The number of nitrogens with one attached hydrogen (secondary N) is 1. The van der Waals surface area contributed by atoms with Gasteiger partial charge >= 0.3 is 0 Å². The lowest BCUT2D eigenvalue weighted by Crippen LogP contribution is -2.08. The molecule has 2 heteroatoms. The molecular formula is C9H14ClN. The monoisotopic (exact) mass is 171 g/mol. The zero-order valence-corrected chi connectivity index (χ0v) is 7.78. The molecule has 0 aromatic carbocycles. The van der Waals surface area contributed by atoms with Crippen LogP contribution < -0.4 is 5.32 Å². The number of hydrogen-bond donors (Lipinski definition) is 1. The maximum atomic E-state index is 5.55. The van der Waals surface area contributed by atoms with Gasteiger partial charge in [0.1, 0.15) is 0 Å². The number of likely N-dealkylation sites (N-methyl/N-ethyl adjacent to an activating group) is 1. The van der Waals surface area contributed by atoms with E-state index in [2.05, 4.69) is 11.9 Å². The van der Waals surface area contributed by atoms with Gasteiger partial charge in [-0.3, -0.25) is 0 Å². The normalized spacial score (nSPS) is 12.5. The van der Waals surface area contributed by atoms with Gasteiger partial charge < -0.3 is 5.32 Å². The molecule has 0 heterocycles. The van der Waals surface area contributed by atoms with Crippen LogP contribution in [0.4, 0.5) is 0 Å². The Hall–Kier alpha value is -0.530. The molecule has 11 heavy (non-hydrogen) atoms. The van der Waals surface area contributed by atoms with Crippen molar-refractivity contribution in [1.82, 2.24) is 5.32 Å². The first-order valence-corrected chi connectivity index (χ1v) is 3.90. The molecule has 1 nitrogen and oxygen atoms in total. The summed E-state index contributed by atoms with van der Waals surface area (Å²) >= 11 is 5.55. The van der Waals surface area contributed by atoms with E-state index in [4.69, 9.17) is 11.6 Å². The number of allylic oxidation sites excluding steroid dienone is 3. The first kappa shape index (κ1) is 10.5. The highest BCUT2D eigenvalue weighted by molar-refractivity contribution is 6.30. The Morgan fingerprint density at radius 1 is 1.55 bits per heavy atom. The Labute approximate surface area is 73.4 Å². The van der Waals surface area contributed by atoms with Crippen molar-refractivity contribution >= 4 is 11.6 Å². The largest absolute Gasteiger partial charge is 0.316 e. The predicted octanol–water partition coefficient (Wildman–Crippen LogP) is 2.46. The highest BCUT2D eigenvalue weighted by Crippen LogP contribution is 2.02. The van der Waals surface area contributed by atoms with Gasteiger partial charge in [-0.15, -0.1) is 0 Å². The van der Waals surface area contributed by atoms with Crippen LogP contribution in [-0.2, 0) is 0 Å². The third kappa shape index (κ3) is 5.89. The van der Waals surface area contributed by atoms with Crippen LogP contribution in [0.5, 0.6) is 0 Å². The Kier molecular flexibility index (Phi) is 5.90. The van der Waals surface area contributed by atoms with E-state index < -0.39 is 0 Å². The minimum absolute atomic E-state index is 0.556. The molecule has 0 rings (SSSR count). The summed E-state index contributed by atoms with van der Waals surface area (Å²) in [7, 11) is 1.91. The average molecular weight is 172 g/mol. The number of halogens is 1. The minimum Gasteiger partial charge on any atom is -0.316 e. The van der Waals surface area contributed by atoms with Crippen molar-refractivity contribution in [3.63, 3.8) is 0 Å². The van der Waals surface area contributed by atoms with Gasteiger partial charge in [0.15, 0.2) is 0 Å². The molecular weight excluding hydrogens is 158 g/mol. The fourth-order valence-corrected chi connectivity index (χ4v) is 0.722. The summed E-state index contributed by atoms with van der Waals surface area (Å²) in [4.78, 5) is 0. The summed E-state index contributed by atoms with van der Waals surface area (Å²) in [5.41, 5.74) is 1.20. The van der Waals surface area contributed by atoms with Crippen molar-refractivity contribution in [1.29, 1.82) is 0 Å². The predicted molar refractivity (Wildman–Crippen MR) is 51.8 cm³/mol. The Morgan fingerprint density at radius 2 is 2.18 bits per heavy atom. The summed E-state index contributed by atoms with van der Waals surface area (Å²) in [6.07, 6.45) is 5.77. The van der Waals surface area contributed by atoms with Crippen LogP contribution in [0.1, 0.15) is 6.92 Å². The summed E-state index contributed by atoms with van der Waals surface area (Å²) in [6, 6.07) is 0. The highest BCUT2D eigenvalue weighted by atomic mass is 35.5. The van der Waals surface area contributed by atoms with Gasteiger partial charge in [0, 0.05) is 11.6 Å². The van der Waals surface area contributed by atoms with E-state index in [0.29, 0.717) is 5.03 Å². The standard InChI is InChI=1S/C9H14ClN/c1-4-9(7-11-3)6-5-8(2)10/h4-6,11H,2,7H2,1,3H3/b6-5-,9-4+. The summed E-state index contributed by atoms with van der Waals surface area (Å²) in [5.74, 6) is 0. The van der Waals surface area contributed by atoms with E-state index in [1.54, 1.807) is 6.08 Å². The lowest BCUT2D eigenvalue weighted by molar-refractivity contribution is 0.894. The molecule has 0 saturated heterocycles. The van der Waals surface area contributed by atoms with E-state index >= 15 is 0 Å². The van der Waals surface area contributed by atoms with Crippen LogP contribution in [0, 0.1) is 0 Å². The van der Waals surface area contributed by atoms with Gasteiger partial charge in [0.05, 0.1) is 0 Å². The van der Waals surface area contributed by atoms with E-state index in [0.717, 1.165) is 6.54 Å². The van der Waals surface area contributed by atoms with Crippen molar-refractivity contribution in [3.8, 4) is 0 Å². The Balaban J connectivity index is 3.98. The minimum atomic E-state index is 0.556. The average Bonchev–Trinajstić information content (AvgIpc) is 1.97. The molecule has 0 radical (unpaired) electrons. The van der Waals surface area contributed by atoms with Crippen LogP contribution >= 0.6 is 11.6 Å². The van der Waals surface area contributed by atoms with Gasteiger partial charge in [0.25, 0.3) is 0 Å². The zero-order chi connectivity index (χ0) is 8.69. The summed E-state index contributed by atoms with van der Waals surface area (Å²) in [5, 5.41) is 3.61. The van der Waals surface area contributed by atoms with E-state index in [9.17, 15) is 0 Å². The van der Waals surface area contributed by atoms with E-state index in [-0.39, 0.29) is 0 Å². The van der Waals surface area contributed by atoms with Crippen molar-refractivity contribution in [2.24, 2.45) is 0 Å². The first-order valence-electron chi connectivity index (χ1n) is 3.53. The number of rotatable bonds is 4. The molecule has 0 amide bonds. The third-order valence-electron chi connectivity index (χ3n) is 1.23. The van der Waals surface area contributed by atoms with Crippen LogP contribution in [0.3, 0.4) is 0 Å². The molecule has 0 spiro atoms. The summed E-state index contributed by atoms with van der Waals surface area (Å²) < 4.78 is 0. The second-order valence-electron chi connectivity index (χ2n) is 2.17.